The molecular formula is C11H18N4O2S. The topological polar surface area (TPSA) is 75.2 Å². The fraction of sp³-hybridized carbons (Fsp3) is 0.636. The van der Waals surface area contributed by atoms with Crippen molar-refractivity contribution in [3.05, 3.63) is 18.0 Å². The Morgan fingerprint density at radius 2 is 1.83 bits per heavy atom. The van der Waals surface area contributed by atoms with Crippen LogP contribution in [0.1, 0.15) is 18.4 Å². The number of aryl methyl sites for hydroxylation is 1. The molecule has 1 saturated heterocycles. The summed E-state index contributed by atoms with van der Waals surface area (Å²) in [5.41, 5.74) is 1.03. The average molecular weight is 270 g/mol. The van der Waals surface area contributed by atoms with Crippen LogP contribution in [0.3, 0.4) is 0 Å². The molecule has 0 aliphatic carbocycles. The monoisotopic (exact) mass is 270 g/mol. The zero-order valence-corrected chi connectivity index (χ0v) is 11.4. The molecule has 0 bridgehead atoms. The zero-order valence-electron chi connectivity index (χ0n) is 10.6. The molecule has 1 aliphatic rings. The first-order valence-electron chi connectivity index (χ1n) is 5.95. The molecular weight excluding hydrogens is 252 g/mol. The van der Waals surface area contributed by atoms with Gasteiger partial charge in [-0.05, 0) is 25.3 Å². The second-order valence-corrected chi connectivity index (χ2v) is 6.49. The summed E-state index contributed by atoms with van der Waals surface area (Å²) in [6.45, 7) is 3.50. The van der Waals surface area contributed by atoms with Crippen molar-refractivity contribution in [1.82, 2.24) is 14.7 Å². The maximum absolute atomic E-state index is 11.1. The molecule has 6 nitrogen and oxygen atoms in total. The van der Waals surface area contributed by atoms with Gasteiger partial charge in [0.15, 0.2) is 0 Å². The third kappa shape index (κ3) is 3.64. The molecule has 1 fully saturated rings. The molecule has 0 spiro atoms. The van der Waals surface area contributed by atoms with E-state index in [-0.39, 0.29) is 6.04 Å². The van der Waals surface area contributed by atoms with Crippen molar-refractivity contribution in [2.45, 2.75) is 25.8 Å². The molecule has 1 aromatic rings. The first-order valence-corrected chi connectivity index (χ1v) is 7.84. The van der Waals surface area contributed by atoms with Gasteiger partial charge in [-0.25, -0.2) is 23.1 Å². The standard InChI is InChI=1S/C11H18N4O2S/c1-9-7-12-11(13-8-9)15-5-3-10(4-6-15)14-18(2,16)17/h7-8,10,14H,3-6H2,1-2H3. The highest BCUT2D eigenvalue weighted by Crippen LogP contribution is 2.16. The van der Waals surface area contributed by atoms with Crippen LogP contribution in [-0.2, 0) is 10.0 Å². The Bertz CT molecular complexity index is 492. The van der Waals surface area contributed by atoms with Crippen molar-refractivity contribution in [2.75, 3.05) is 24.2 Å². The van der Waals surface area contributed by atoms with Crippen LogP contribution in [-0.4, -0.2) is 43.8 Å². The van der Waals surface area contributed by atoms with Gasteiger partial charge in [-0.1, -0.05) is 0 Å². The highest BCUT2D eigenvalue weighted by atomic mass is 32.2. The Balaban J connectivity index is 1.92. The van der Waals surface area contributed by atoms with Gasteiger partial charge in [-0.3, -0.25) is 0 Å². The molecule has 1 N–H and O–H groups in total. The van der Waals surface area contributed by atoms with Crippen molar-refractivity contribution in [3.8, 4) is 0 Å². The van der Waals surface area contributed by atoms with Crippen molar-refractivity contribution in [2.24, 2.45) is 0 Å². The first kappa shape index (κ1) is 13.2. The number of sulfonamides is 1. The van der Waals surface area contributed by atoms with Gasteiger partial charge < -0.3 is 4.90 Å². The van der Waals surface area contributed by atoms with Crippen molar-refractivity contribution in [1.29, 1.82) is 0 Å². The van der Waals surface area contributed by atoms with Crippen LogP contribution < -0.4 is 9.62 Å². The largest absolute Gasteiger partial charge is 0.341 e. The van der Waals surface area contributed by atoms with E-state index in [2.05, 4.69) is 19.6 Å². The van der Waals surface area contributed by atoms with E-state index in [1.54, 1.807) is 12.4 Å². The van der Waals surface area contributed by atoms with E-state index in [9.17, 15) is 8.42 Å². The highest BCUT2D eigenvalue weighted by molar-refractivity contribution is 7.88. The van der Waals surface area contributed by atoms with Gasteiger partial charge in [0.05, 0.1) is 6.26 Å². The van der Waals surface area contributed by atoms with E-state index in [1.807, 2.05) is 6.92 Å². The predicted octanol–water partition coefficient (Wildman–Crippen LogP) is 0.303. The van der Waals surface area contributed by atoms with Crippen molar-refractivity contribution in [3.63, 3.8) is 0 Å². The van der Waals surface area contributed by atoms with Crippen LogP contribution >= 0.6 is 0 Å². The summed E-state index contributed by atoms with van der Waals surface area (Å²) in [4.78, 5) is 10.6. The number of hydrogen-bond donors (Lipinski definition) is 1. The normalized spacial score (nSPS) is 18.0. The number of nitrogens with one attached hydrogen (secondary N) is 1. The van der Waals surface area contributed by atoms with E-state index >= 15 is 0 Å². The lowest BCUT2D eigenvalue weighted by Crippen LogP contribution is -2.44. The van der Waals surface area contributed by atoms with E-state index in [0.29, 0.717) is 0 Å². The van der Waals surface area contributed by atoms with Gasteiger partial charge in [0.2, 0.25) is 16.0 Å². The number of aromatic nitrogens is 2. The van der Waals surface area contributed by atoms with Gasteiger partial charge in [0, 0.05) is 31.5 Å². The van der Waals surface area contributed by atoms with Crippen LogP contribution in [0.5, 0.6) is 0 Å². The minimum Gasteiger partial charge on any atom is -0.341 e. The van der Waals surface area contributed by atoms with Crippen LogP contribution in [0.15, 0.2) is 12.4 Å². The van der Waals surface area contributed by atoms with Crippen LogP contribution in [0.25, 0.3) is 0 Å². The van der Waals surface area contributed by atoms with Crippen LogP contribution in [0, 0.1) is 6.92 Å². The molecule has 0 aromatic carbocycles. The lowest BCUT2D eigenvalue weighted by atomic mass is 10.1. The fourth-order valence-corrected chi connectivity index (χ4v) is 2.89. The molecule has 7 heteroatoms. The summed E-state index contributed by atoms with van der Waals surface area (Å²) in [5, 5.41) is 0. The minimum absolute atomic E-state index is 0.0294. The molecule has 100 valence electrons. The molecule has 2 heterocycles. The fourth-order valence-electron chi connectivity index (χ4n) is 2.05. The molecule has 0 unspecified atom stereocenters. The molecule has 0 radical (unpaired) electrons. The summed E-state index contributed by atoms with van der Waals surface area (Å²) in [7, 11) is -3.11. The molecule has 1 aromatic heterocycles. The number of rotatable bonds is 3. The second-order valence-electron chi connectivity index (χ2n) is 4.71. The zero-order chi connectivity index (χ0) is 13.2. The lowest BCUT2D eigenvalue weighted by Gasteiger charge is -2.31. The SMILES string of the molecule is Cc1cnc(N2CCC(NS(C)(=O)=O)CC2)nc1. The van der Waals surface area contributed by atoms with E-state index in [0.717, 1.165) is 37.4 Å². The van der Waals surface area contributed by atoms with Crippen LogP contribution in [0.4, 0.5) is 5.95 Å². The predicted molar refractivity (Wildman–Crippen MR) is 70.0 cm³/mol. The Morgan fingerprint density at radius 1 is 1.28 bits per heavy atom. The quantitative estimate of drug-likeness (QED) is 0.855. The summed E-state index contributed by atoms with van der Waals surface area (Å²) in [6, 6.07) is 0.0294. The van der Waals surface area contributed by atoms with Gasteiger partial charge in [0.25, 0.3) is 0 Å². The van der Waals surface area contributed by atoms with Crippen molar-refractivity contribution >= 4 is 16.0 Å². The maximum atomic E-state index is 11.1. The third-order valence-electron chi connectivity index (χ3n) is 2.93. The lowest BCUT2D eigenvalue weighted by molar-refractivity contribution is 0.458. The molecule has 0 amide bonds. The van der Waals surface area contributed by atoms with Gasteiger partial charge in [-0.15, -0.1) is 0 Å². The van der Waals surface area contributed by atoms with Crippen molar-refractivity contribution < 1.29 is 8.42 Å². The molecule has 1 aliphatic heterocycles. The summed E-state index contributed by atoms with van der Waals surface area (Å²) in [6.07, 6.45) is 6.35. The molecule has 2 rings (SSSR count). The Hall–Kier alpha value is -1.21. The molecule has 0 atom stereocenters. The van der Waals surface area contributed by atoms with E-state index in [1.165, 1.54) is 6.26 Å². The average Bonchev–Trinajstić information content (AvgIpc) is 2.29. The van der Waals surface area contributed by atoms with E-state index < -0.39 is 10.0 Å². The summed E-state index contributed by atoms with van der Waals surface area (Å²) < 4.78 is 24.9. The minimum atomic E-state index is -3.11. The Morgan fingerprint density at radius 3 is 2.33 bits per heavy atom. The smallest absolute Gasteiger partial charge is 0.225 e. The van der Waals surface area contributed by atoms with E-state index in [4.69, 9.17) is 0 Å². The van der Waals surface area contributed by atoms with Gasteiger partial charge >= 0.3 is 0 Å². The third-order valence-corrected chi connectivity index (χ3v) is 3.69. The second kappa shape index (κ2) is 5.19. The number of anilines is 1. The summed E-state index contributed by atoms with van der Waals surface area (Å²) >= 11 is 0. The maximum Gasteiger partial charge on any atom is 0.225 e. The van der Waals surface area contributed by atoms with Gasteiger partial charge in [0.1, 0.15) is 0 Å². The molecule has 0 saturated carbocycles. The van der Waals surface area contributed by atoms with Gasteiger partial charge in [-0.2, -0.15) is 0 Å². The Kier molecular flexibility index (Phi) is 3.82. The number of hydrogen-bond acceptors (Lipinski definition) is 5. The number of nitrogens with zero attached hydrogens (tertiary/aromatic N) is 3. The number of piperidine rings is 1. The first-order chi connectivity index (χ1) is 8.44. The molecule has 18 heavy (non-hydrogen) atoms. The van der Waals surface area contributed by atoms with Crippen LogP contribution in [0.2, 0.25) is 0 Å². The highest BCUT2D eigenvalue weighted by Gasteiger charge is 2.22. The Labute approximate surface area is 107 Å². The summed E-state index contributed by atoms with van der Waals surface area (Å²) in [5.74, 6) is 0.721.